The number of ether oxygens (including phenoxy) is 2. The molecule has 2 aliphatic rings. The third-order valence-electron chi connectivity index (χ3n) is 8.40. The van der Waals surface area contributed by atoms with Gasteiger partial charge in [-0.25, -0.2) is 0 Å². The lowest BCUT2D eigenvalue weighted by Gasteiger charge is -2.41. The number of nitrogens with one attached hydrogen (secondary N) is 1. The zero-order chi connectivity index (χ0) is 32.1. The van der Waals surface area contributed by atoms with Gasteiger partial charge in [-0.2, -0.15) is 15.2 Å². The number of nitrogens with zero attached hydrogens (tertiary/aromatic N) is 6. The fourth-order valence-corrected chi connectivity index (χ4v) is 6.24. The van der Waals surface area contributed by atoms with E-state index in [2.05, 4.69) is 41.7 Å². The van der Waals surface area contributed by atoms with Crippen LogP contribution in [0.15, 0.2) is 49.1 Å². The Morgan fingerprint density at radius 2 is 2.00 bits per heavy atom. The summed E-state index contributed by atoms with van der Waals surface area (Å²) in [5.74, 6) is -0.361. The van der Waals surface area contributed by atoms with Gasteiger partial charge in [0.25, 0.3) is 5.91 Å². The molecule has 0 spiro atoms. The second-order valence-electron chi connectivity index (χ2n) is 11.5. The lowest BCUT2D eigenvalue weighted by atomic mass is 10.1. The van der Waals surface area contributed by atoms with Crippen LogP contribution in [-0.4, -0.2) is 94.7 Å². The molecule has 2 N–H and O–H groups in total. The van der Waals surface area contributed by atoms with E-state index in [0.717, 1.165) is 30.2 Å². The molecule has 0 unspecified atom stereocenters. The number of aromatic hydroxyl groups is 1. The van der Waals surface area contributed by atoms with Gasteiger partial charge in [-0.3, -0.25) is 14.5 Å². The number of aromatic nitrogens is 2. The predicted octanol–water partition coefficient (Wildman–Crippen LogP) is 3.96. The average Bonchev–Trinajstić information content (AvgIpc) is 3.52. The van der Waals surface area contributed by atoms with Gasteiger partial charge < -0.3 is 29.7 Å². The highest BCUT2D eigenvalue weighted by Gasteiger charge is 2.34. The van der Waals surface area contributed by atoms with Crippen LogP contribution in [0.2, 0.25) is 0 Å². The van der Waals surface area contributed by atoms with E-state index in [0.29, 0.717) is 37.2 Å². The quantitative estimate of drug-likeness (QED) is 0.322. The summed E-state index contributed by atoms with van der Waals surface area (Å²) in [5, 5.41) is 24.2. The minimum atomic E-state index is -0.574. The highest BCUT2D eigenvalue weighted by atomic mass is 16.5. The van der Waals surface area contributed by atoms with Crippen LogP contribution in [0.4, 0.5) is 11.5 Å². The standard InChI is InChI=1S/C33H39N7O5/c1-5-28(42)40-16-15-38(19-23(40)12-13-34)31-30(44-4)29(36-33(37-31)45-20-24-10-8-14-39(24)21(2)3)32(43)35-27-18-25(41)17-22-9-6-7-11-26(22)27/h5-7,9,11,17-18,21,23-24,41H,1,8,10,12,14-16,19-20H2,2-4H3,(H,35,43)/t23-,24-/m0/s1. The third-order valence-corrected chi connectivity index (χ3v) is 8.40. The highest BCUT2D eigenvalue weighted by molar-refractivity contribution is 6.10. The number of methoxy groups -OCH3 is 1. The van der Waals surface area contributed by atoms with Gasteiger partial charge in [0.1, 0.15) is 12.4 Å². The Bertz CT molecular complexity index is 1620. The first-order valence-corrected chi connectivity index (χ1v) is 15.2. The molecule has 12 heteroatoms. The summed E-state index contributed by atoms with van der Waals surface area (Å²) in [6.45, 7) is 10.2. The first kappa shape index (κ1) is 31.5. The Hall–Kier alpha value is -4.89. The molecule has 2 fully saturated rings. The third kappa shape index (κ3) is 6.78. The maximum atomic E-state index is 13.9. The van der Waals surface area contributed by atoms with Gasteiger partial charge in [0.2, 0.25) is 5.91 Å². The van der Waals surface area contributed by atoms with Gasteiger partial charge in [-0.15, -0.1) is 0 Å². The van der Waals surface area contributed by atoms with Crippen LogP contribution < -0.4 is 19.7 Å². The molecule has 0 aliphatic carbocycles. The molecule has 2 aliphatic heterocycles. The second kappa shape index (κ2) is 13.8. The van der Waals surface area contributed by atoms with Crippen molar-refractivity contribution in [2.45, 2.75) is 51.2 Å². The molecule has 0 saturated carbocycles. The molecule has 5 rings (SSSR count). The van der Waals surface area contributed by atoms with E-state index < -0.39 is 11.9 Å². The largest absolute Gasteiger partial charge is 0.508 e. The lowest BCUT2D eigenvalue weighted by Crippen LogP contribution is -2.55. The average molecular weight is 614 g/mol. The maximum absolute atomic E-state index is 13.9. The number of phenols is 1. The van der Waals surface area contributed by atoms with E-state index in [4.69, 9.17) is 14.5 Å². The fourth-order valence-electron chi connectivity index (χ4n) is 6.24. The highest BCUT2D eigenvalue weighted by Crippen LogP contribution is 2.35. The molecule has 2 atom stereocenters. The molecule has 45 heavy (non-hydrogen) atoms. The summed E-state index contributed by atoms with van der Waals surface area (Å²) in [7, 11) is 1.44. The number of piperazine rings is 1. The van der Waals surface area contributed by atoms with Crippen molar-refractivity contribution in [2.75, 3.05) is 50.1 Å². The first-order valence-electron chi connectivity index (χ1n) is 15.2. The lowest BCUT2D eigenvalue weighted by molar-refractivity contribution is -0.128. The van der Waals surface area contributed by atoms with Crippen molar-refractivity contribution in [1.29, 1.82) is 5.26 Å². The molecule has 2 saturated heterocycles. The molecule has 0 bridgehead atoms. The Balaban J connectivity index is 1.52. The van der Waals surface area contributed by atoms with Crippen molar-refractivity contribution in [3.63, 3.8) is 0 Å². The number of hydrogen-bond acceptors (Lipinski definition) is 10. The molecule has 0 radical (unpaired) electrons. The van der Waals surface area contributed by atoms with Crippen molar-refractivity contribution in [1.82, 2.24) is 19.8 Å². The molecule has 1 aromatic heterocycles. The minimum Gasteiger partial charge on any atom is -0.508 e. The molecule has 3 heterocycles. The van der Waals surface area contributed by atoms with Crippen LogP contribution in [0, 0.1) is 11.3 Å². The molecule has 12 nitrogen and oxygen atoms in total. The SMILES string of the molecule is C=CC(=O)N1CCN(c2nc(OC[C@@H]3CCCN3C(C)C)nc(C(=O)Nc3cc(O)cc4ccccc34)c2OC)C[C@@H]1CC#N. The van der Waals surface area contributed by atoms with Crippen molar-refractivity contribution in [2.24, 2.45) is 0 Å². The summed E-state index contributed by atoms with van der Waals surface area (Å²) in [5.41, 5.74) is 0.364. The number of anilines is 2. The van der Waals surface area contributed by atoms with Crippen LogP contribution in [-0.2, 0) is 4.79 Å². The van der Waals surface area contributed by atoms with E-state index >= 15 is 0 Å². The number of carbonyl (C=O) groups excluding carboxylic acids is 2. The Morgan fingerprint density at radius 3 is 2.73 bits per heavy atom. The molecular weight excluding hydrogens is 574 g/mol. The Kier molecular flexibility index (Phi) is 9.68. The van der Waals surface area contributed by atoms with Crippen LogP contribution in [0.3, 0.4) is 0 Å². The van der Waals surface area contributed by atoms with Gasteiger partial charge in [0.05, 0.1) is 31.3 Å². The number of likely N-dealkylation sites (tertiary alicyclic amines) is 1. The minimum absolute atomic E-state index is 0.00473. The number of hydrogen-bond donors (Lipinski definition) is 2. The number of fused-ring (bicyclic) bond motifs is 1. The molecule has 236 valence electrons. The molecular formula is C33H39N7O5. The van der Waals surface area contributed by atoms with E-state index in [1.807, 2.05) is 29.2 Å². The van der Waals surface area contributed by atoms with Gasteiger partial charge in [0, 0.05) is 43.2 Å². The van der Waals surface area contributed by atoms with Crippen LogP contribution in [0.25, 0.3) is 10.8 Å². The topological polar surface area (TPSA) is 144 Å². The van der Waals surface area contributed by atoms with Crippen molar-refractivity contribution < 1.29 is 24.2 Å². The smallest absolute Gasteiger partial charge is 0.319 e. The fraction of sp³-hybridized carbons (Fsp3) is 0.424. The summed E-state index contributed by atoms with van der Waals surface area (Å²) < 4.78 is 12.0. The van der Waals surface area contributed by atoms with Gasteiger partial charge in [0.15, 0.2) is 17.3 Å². The normalized spacial score (nSPS) is 18.6. The van der Waals surface area contributed by atoms with Crippen LogP contribution in [0.1, 0.15) is 43.6 Å². The second-order valence-corrected chi connectivity index (χ2v) is 11.5. The predicted molar refractivity (Wildman–Crippen MR) is 171 cm³/mol. The Morgan fingerprint density at radius 1 is 1.20 bits per heavy atom. The van der Waals surface area contributed by atoms with E-state index in [1.54, 1.807) is 11.0 Å². The molecule has 3 aromatic rings. The number of amides is 2. The summed E-state index contributed by atoms with van der Waals surface area (Å²) in [4.78, 5) is 41.6. The molecule has 2 aromatic carbocycles. The maximum Gasteiger partial charge on any atom is 0.319 e. The van der Waals surface area contributed by atoms with Gasteiger partial charge in [-0.1, -0.05) is 30.8 Å². The molecule has 2 amide bonds. The monoisotopic (exact) mass is 613 g/mol. The number of benzene rings is 2. The van der Waals surface area contributed by atoms with Crippen LogP contribution >= 0.6 is 0 Å². The van der Waals surface area contributed by atoms with Crippen molar-refractivity contribution in [3.8, 4) is 23.6 Å². The van der Waals surface area contributed by atoms with E-state index in [1.165, 1.54) is 19.3 Å². The number of rotatable bonds is 10. The Labute approximate surface area is 262 Å². The zero-order valence-electron chi connectivity index (χ0n) is 25.9. The summed E-state index contributed by atoms with van der Waals surface area (Å²) in [6, 6.07) is 12.8. The number of nitriles is 1. The van der Waals surface area contributed by atoms with Gasteiger partial charge >= 0.3 is 6.01 Å². The first-order chi connectivity index (χ1) is 21.7. The van der Waals surface area contributed by atoms with Gasteiger partial charge in [-0.05, 0) is 50.8 Å². The number of phenolic OH excluding ortho intramolecular Hbond substituents is 1. The van der Waals surface area contributed by atoms with Crippen LogP contribution in [0.5, 0.6) is 17.5 Å². The van der Waals surface area contributed by atoms with E-state index in [-0.39, 0.29) is 48.1 Å². The zero-order valence-corrected chi connectivity index (χ0v) is 25.9. The van der Waals surface area contributed by atoms with E-state index in [9.17, 15) is 20.0 Å². The van der Waals surface area contributed by atoms with Crippen molar-refractivity contribution in [3.05, 3.63) is 54.7 Å². The summed E-state index contributed by atoms with van der Waals surface area (Å²) in [6.07, 6.45) is 3.40. The number of carbonyl (C=O) groups is 2. The summed E-state index contributed by atoms with van der Waals surface area (Å²) >= 11 is 0. The van der Waals surface area contributed by atoms with Crippen molar-refractivity contribution >= 4 is 34.1 Å².